The average Bonchev–Trinajstić information content (AvgIpc) is 2.57. The standard InChI is InChI=1S/C22H24O/c1-2-3-4-5-6-7-8-9-10-11-12-13-14-15-16-17-18-19-20-21-22-23/h1,3-4,23H,5-7,14-19,22H2. The summed E-state index contributed by atoms with van der Waals surface area (Å²) in [4.78, 5) is 0. The minimum atomic E-state index is -0.0369. The summed E-state index contributed by atoms with van der Waals surface area (Å²) in [5, 5.41) is 8.49. The van der Waals surface area contributed by atoms with Gasteiger partial charge in [-0.05, 0) is 55.4 Å². The second-order valence-electron chi connectivity index (χ2n) is 4.74. The van der Waals surface area contributed by atoms with Crippen molar-refractivity contribution in [2.75, 3.05) is 6.61 Å². The zero-order chi connectivity index (χ0) is 16.8. The summed E-state index contributed by atoms with van der Waals surface area (Å²) in [6.07, 6.45) is 17.8. The molecule has 0 aromatic carbocycles. The third kappa shape index (κ3) is 19.5. The van der Waals surface area contributed by atoms with Crippen LogP contribution in [-0.4, -0.2) is 11.7 Å². The third-order valence-corrected chi connectivity index (χ3v) is 2.81. The number of hydrogen-bond acceptors (Lipinski definition) is 1. The molecule has 0 saturated carbocycles. The summed E-state index contributed by atoms with van der Waals surface area (Å²) in [5.74, 6) is 25.2. The maximum Gasteiger partial charge on any atom is 0.104 e. The molecule has 0 bridgehead atoms. The third-order valence-electron chi connectivity index (χ3n) is 2.81. The molecule has 1 N–H and O–H groups in total. The second-order valence-corrected chi connectivity index (χ2v) is 4.74. The van der Waals surface area contributed by atoms with Crippen molar-refractivity contribution >= 4 is 0 Å². The van der Waals surface area contributed by atoms with Gasteiger partial charge in [-0.15, -0.1) is 12.3 Å². The van der Waals surface area contributed by atoms with E-state index in [0.717, 1.165) is 57.8 Å². The molecule has 0 unspecified atom stereocenters. The van der Waals surface area contributed by atoms with E-state index in [-0.39, 0.29) is 6.61 Å². The summed E-state index contributed by atoms with van der Waals surface area (Å²) >= 11 is 0. The van der Waals surface area contributed by atoms with Crippen LogP contribution in [0.3, 0.4) is 0 Å². The van der Waals surface area contributed by atoms with Crippen LogP contribution in [0, 0.1) is 59.7 Å². The molecule has 0 aromatic rings. The Morgan fingerprint density at radius 1 is 0.696 bits per heavy atom. The SMILES string of the molecule is C#CC=CCCCC#CC#CC#CCCCCCCC#CCO. The fourth-order valence-electron chi connectivity index (χ4n) is 1.66. The Labute approximate surface area is 142 Å². The van der Waals surface area contributed by atoms with Crippen molar-refractivity contribution in [3.8, 4) is 59.7 Å². The van der Waals surface area contributed by atoms with E-state index in [9.17, 15) is 0 Å². The molecule has 1 nitrogen and oxygen atoms in total. The first-order valence-corrected chi connectivity index (χ1v) is 8.05. The number of allylic oxidation sites excluding steroid dienone is 2. The summed E-state index contributed by atoms with van der Waals surface area (Å²) in [7, 11) is 0. The summed E-state index contributed by atoms with van der Waals surface area (Å²) < 4.78 is 0. The molecule has 0 amide bonds. The number of aliphatic hydroxyl groups is 1. The van der Waals surface area contributed by atoms with Crippen LogP contribution in [0.4, 0.5) is 0 Å². The predicted molar refractivity (Wildman–Crippen MR) is 97.7 cm³/mol. The van der Waals surface area contributed by atoms with Gasteiger partial charge in [-0.25, -0.2) is 0 Å². The van der Waals surface area contributed by atoms with Crippen LogP contribution >= 0.6 is 0 Å². The van der Waals surface area contributed by atoms with Gasteiger partial charge >= 0.3 is 0 Å². The lowest BCUT2D eigenvalue weighted by Gasteiger charge is -1.94. The fraction of sp³-hybridized carbons (Fsp3) is 0.455. The molecular formula is C22H24O. The summed E-state index contributed by atoms with van der Waals surface area (Å²) in [6.45, 7) is -0.0369. The fourth-order valence-corrected chi connectivity index (χ4v) is 1.66. The number of terminal acetylenes is 1. The number of rotatable bonds is 8. The van der Waals surface area contributed by atoms with Gasteiger partial charge in [0.05, 0.1) is 0 Å². The molecular weight excluding hydrogens is 280 g/mol. The summed E-state index contributed by atoms with van der Waals surface area (Å²) in [5.41, 5.74) is 0. The largest absolute Gasteiger partial charge is 0.384 e. The van der Waals surface area contributed by atoms with Gasteiger partial charge in [0.1, 0.15) is 6.61 Å². The van der Waals surface area contributed by atoms with Gasteiger partial charge in [0.2, 0.25) is 0 Å². The molecule has 0 atom stereocenters. The highest BCUT2D eigenvalue weighted by atomic mass is 16.2. The predicted octanol–water partition coefficient (Wildman–Crippen LogP) is 3.69. The molecule has 0 radical (unpaired) electrons. The highest BCUT2D eigenvalue weighted by Gasteiger charge is 1.86. The zero-order valence-corrected chi connectivity index (χ0v) is 13.8. The van der Waals surface area contributed by atoms with E-state index >= 15 is 0 Å². The Bertz CT molecular complexity index is 600. The second kappa shape index (κ2) is 19.5. The first-order valence-electron chi connectivity index (χ1n) is 8.05. The van der Waals surface area contributed by atoms with Gasteiger partial charge in [-0.1, -0.05) is 42.6 Å². The van der Waals surface area contributed by atoms with Gasteiger partial charge in [-0.3, -0.25) is 0 Å². The minimum absolute atomic E-state index is 0.0369. The van der Waals surface area contributed by atoms with Crippen molar-refractivity contribution in [1.82, 2.24) is 0 Å². The highest BCUT2D eigenvalue weighted by molar-refractivity contribution is 5.35. The minimum Gasteiger partial charge on any atom is -0.384 e. The molecule has 0 aliphatic heterocycles. The van der Waals surface area contributed by atoms with E-state index in [2.05, 4.69) is 53.3 Å². The molecule has 0 heterocycles. The van der Waals surface area contributed by atoms with Crippen molar-refractivity contribution in [2.45, 2.75) is 57.8 Å². The molecule has 0 aliphatic carbocycles. The smallest absolute Gasteiger partial charge is 0.104 e. The quantitative estimate of drug-likeness (QED) is 0.535. The van der Waals surface area contributed by atoms with Gasteiger partial charge in [0.15, 0.2) is 0 Å². The summed E-state index contributed by atoms with van der Waals surface area (Å²) in [6, 6.07) is 0. The van der Waals surface area contributed by atoms with Crippen LogP contribution in [-0.2, 0) is 0 Å². The van der Waals surface area contributed by atoms with E-state index in [1.165, 1.54) is 0 Å². The van der Waals surface area contributed by atoms with Crippen LogP contribution in [0.5, 0.6) is 0 Å². The van der Waals surface area contributed by atoms with Crippen LogP contribution in [0.15, 0.2) is 12.2 Å². The molecule has 0 aromatic heterocycles. The molecule has 0 aliphatic rings. The normalized spacial score (nSPS) is 8.35. The van der Waals surface area contributed by atoms with Crippen molar-refractivity contribution in [1.29, 1.82) is 0 Å². The van der Waals surface area contributed by atoms with Gasteiger partial charge in [-0.2, -0.15) is 0 Å². The molecule has 0 saturated heterocycles. The lowest BCUT2D eigenvalue weighted by atomic mass is 10.1. The van der Waals surface area contributed by atoms with E-state index < -0.39 is 0 Å². The zero-order valence-electron chi connectivity index (χ0n) is 13.8. The molecule has 0 spiro atoms. The van der Waals surface area contributed by atoms with Gasteiger partial charge in [0, 0.05) is 19.3 Å². The first kappa shape index (κ1) is 20.5. The lowest BCUT2D eigenvalue weighted by Crippen LogP contribution is -1.78. The van der Waals surface area contributed by atoms with Gasteiger partial charge in [0.25, 0.3) is 0 Å². The van der Waals surface area contributed by atoms with E-state index in [1.54, 1.807) is 6.08 Å². The van der Waals surface area contributed by atoms with Crippen LogP contribution in [0.25, 0.3) is 0 Å². The van der Waals surface area contributed by atoms with Crippen LogP contribution in [0.1, 0.15) is 57.8 Å². The van der Waals surface area contributed by atoms with E-state index in [0.29, 0.717) is 0 Å². The van der Waals surface area contributed by atoms with Crippen LogP contribution < -0.4 is 0 Å². The van der Waals surface area contributed by atoms with Crippen molar-refractivity contribution in [3.05, 3.63) is 12.2 Å². The number of aliphatic hydroxyl groups excluding tert-OH is 1. The maximum atomic E-state index is 8.49. The number of hydrogen-bond donors (Lipinski definition) is 1. The molecule has 0 rings (SSSR count). The van der Waals surface area contributed by atoms with Crippen LogP contribution in [0.2, 0.25) is 0 Å². The Morgan fingerprint density at radius 2 is 1.30 bits per heavy atom. The maximum absolute atomic E-state index is 8.49. The first-order chi connectivity index (χ1) is 11.4. The topological polar surface area (TPSA) is 20.2 Å². The molecule has 118 valence electrons. The molecule has 0 fully saturated rings. The average molecular weight is 304 g/mol. The van der Waals surface area contributed by atoms with E-state index in [1.807, 2.05) is 6.08 Å². The van der Waals surface area contributed by atoms with Gasteiger partial charge < -0.3 is 5.11 Å². The Kier molecular flexibility index (Phi) is 17.4. The monoisotopic (exact) mass is 304 g/mol. The lowest BCUT2D eigenvalue weighted by molar-refractivity contribution is 0.350. The highest BCUT2D eigenvalue weighted by Crippen LogP contribution is 2.03. The number of unbranched alkanes of at least 4 members (excludes halogenated alkanes) is 7. The Balaban J connectivity index is 3.52. The Morgan fingerprint density at radius 3 is 1.91 bits per heavy atom. The Hall–Kier alpha value is -2.50. The van der Waals surface area contributed by atoms with Crippen molar-refractivity contribution < 1.29 is 5.11 Å². The van der Waals surface area contributed by atoms with Crippen molar-refractivity contribution in [2.24, 2.45) is 0 Å². The van der Waals surface area contributed by atoms with E-state index in [4.69, 9.17) is 11.5 Å². The molecule has 23 heavy (non-hydrogen) atoms. The van der Waals surface area contributed by atoms with Crippen molar-refractivity contribution in [3.63, 3.8) is 0 Å². The molecule has 1 heteroatoms.